The van der Waals surface area contributed by atoms with Crippen molar-refractivity contribution in [3.63, 3.8) is 0 Å². The van der Waals surface area contributed by atoms with Gasteiger partial charge in [-0.3, -0.25) is 14.5 Å². The maximum Gasteiger partial charge on any atom is 0.411 e. The van der Waals surface area contributed by atoms with Crippen molar-refractivity contribution < 1.29 is 19.1 Å². The third-order valence-electron chi connectivity index (χ3n) is 7.02. The highest BCUT2D eigenvalue weighted by atomic mass is 32.1. The summed E-state index contributed by atoms with van der Waals surface area (Å²) in [6.07, 6.45) is 2.89. The minimum atomic E-state index is -0.706. The second-order valence-corrected chi connectivity index (χ2v) is 12.0. The lowest BCUT2D eigenvalue weighted by molar-refractivity contribution is -0.128. The van der Waals surface area contributed by atoms with Gasteiger partial charge >= 0.3 is 6.09 Å². The molecule has 2 aliphatic heterocycles. The molecule has 3 aliphatic rings. The molecule has 1 saturated carbocycles. The fourth-order valence-corrected chi connectivity index (χ4v) is 6.55. The summed E-state index contributed by atoms with van der Waals surface area (Å²) < 4.78 is 5.58. The molecule has 0 unspecified atom stereocenters. The van der Waals surface area contributed by atoms with Crippen molar-refractivity contribution in [2.75, 3.05) is 5.32 Å². The summed E-state index contributed by atoms with van der Waals surface area (Å²) >= 11 is 1.56. The van der Waals surface area contributed by atoms with Crippen LogP contribution < -0.4 is 10.6 Å². The van der Waals surface area contributed by atoms with Gasteiger partial charge in [-0.15, -0.1) is 11.3 Å². The molecule has 1 aliphatic carbocycles. The third-order valence-corrected chi connectivity index (χ3v) is 8.17. The molecule has 2 N–H and O–H groups in total. The van der Waals surface area contributed by atoms with Crippen molar-refractivity contribution in [3.8, 4) is 16.5 Å². The first-order valence-electron chi connectivity index (χ1n) is 12.3. The zero-order chi connectivity index (χ0) is 25.6. The molecular formula is C27H30N4O4S. The predicted octanol–water partition coefficient (Wildman–Crippen LogP) is 4.25. The van der Waals surface area contributed by atoms with Crippen molar-refractivity contribution in [1.29, 1.82) is 5.26 Å². The van der Waals surface area contributed by atoms with Crippen LogP contribution in [0.4, 0.5) is 10.5 Å². The van der Waals surface area contributed by atoms with Gasteiger partial charge in [0.1, 0.15) is 17.7 Å². The maximum atomic E-state index is 13.3. The van der Waals surface area contributed by atoms with Gasteiger partial charge in [0, 0.05) is 27.9 Å². The highest BCUT2D eigenvalue weighted by Gasteiger charge is 2.52. The fourth-order valence-electron chi connectivity index (χ4n) is 5.50. The number of rotatable bonds is 5. The van der Waals surface area contributed by atoms with Crippen molar-refractivity contribution in [1.82, 2.24) is 10.2 Å². The number of carbonyl (C=O) groups excluding carboxylic acids is 3. The first-order chi connectivity index (χ1) is 17.1. The minimum Gasteiger partial charge on any atom is -0.444 e. The van der Waals surface area contributed by atoms with E-state index < -0.39 is 23.8 Å². The SMILES string of the molecule is CC(C)(C)OC(=O)N1[C@@H]2CC[C@@H](C2)[C@H]1C(=O)N[C@H](C#N)Cc1ccc(-c2ccc3c(c2)NC(=O)C3)s1. The molecule has 0 spiro atoms. The number of carbonyl (C=O) groups is 3. The Morgan fingerprint density at radius 2 is 2.08 bits per heavy atom. The maximum absolute atomic E-state index is 13.3. The van der Waals surface area contributed by atoms with E-state index in [1.54, 1.807) is 16.2 Å². The van der Waals surface area contributed by atoms with E-state index in [0.29, 0.717) is 12.8 Å². The van der Waals surface area contributed by atoms with E-state index in [1.807, 2.05) is 51.1 Å². The quantitative estimate of drug-likeness (QED) is 0.630. The Hall–Kier alpha value is -3.38. The lowest BCUT2D eigenvalue weighted by Crippen LogP contribution is -2.55. The van der Waals surface area contributed by atoms with Crippen LogP contribution in [0.1, 0.15) is 50.5 Å². The highest BCUT2D eigenvalue weighted by molar-refractivity contribution is 7.15. The Kier molecular flexibility index (Phi) is 6.25. The Bertz CT molecular complexity index is 1260. The van der Waals surface area contributed by atoms with E-state index in [9.17, 15) is 19.6 Å². The molecule has 5 rings (SSSR count). The van der Waals surface area contributed by atoms with Crippen LogP contribution in [0.3, 0.4) is 0 Å². The summed E-state index contributed by atoms with van der Waals surface area (Å²) in [5.74, 6) is -0.191. The smallest absolute Gasteiger partial charge is 0.411 e. The molecule has 0 radical (unpaired) electrons. The monoisotopic (exact) mass is 506 g/mol. The fraction of sp³-hybridized carbons (Fsp3) is 0.481. The molecule has 8 nitrogen and oxygen atoms in total. The molecule has 2 aromatic rings. The largest absolute Gasteiger partial charge is 0.444 e. The van der Waals surface area contributed by atoms with Gasteiger partial charge in [0.2, 0.25) is 11.8 Å². The number of amides is 3. The topological polar surface area (TPSA) is 112 Å². The Balaban J connectivity index is 1.25. The second kappa shape index (κ2) is 9.25. The zero-order valence-electron chi connectivity index (χ0n) is 20.7. The predicted molar refractivity (Wildman–Crippen MR) is 136 cm³/mol. The normalized spacial score (nSPS) is 23.1. The van der Waals surface area contributed by atoms with Crippen LogP contribution in [0.2, 0.25) is 0 Å². The van der Waals surface area contributed by atoms with E-state index >= 15 is 0 Å². The van der Waals surface area contributed by atoms with Crippen molar-refractivity contribution in [2.45, 2.75) is 76.6 Å². The number of thiophene rings is 1. The molecule has 3 heterocycles. The molecule has 2 fully saturated rings. The van der Waals surface area contributed by atoms with Crippen molar-refractivity contribution in [2.24, 2.45) is 5.92 Å². The van der Waals surface area contributed by atoms with Crippen LogP contribution in [-0.2, 0) is 27.2 Å². The van der Waals surface area contributed by atoms with E-state index in [1.165, 1.54) is 0 Å². The Morgan fingerprint density at radius 1 is 1.28 bits per heavy atom. The van der Waals surface area contributed by atoms with Gasteiger partial charge in [-0.1, -0.05) is 12.1 Å². The summed E-state index contributed by atoms with van der Waals surface area (Å²) in [6, 6.07) is 10.8. The van der Waals surface area contributed by atoms with Crippen LogP contribution in [0, 0.1) is 17.2 Å². The summed E-state index contributed by atoms with van der Waals surface area (Å²) in [4.78, 5) is 41.4. The summed E-state index contributed by atoms with van der Waals surface area (Å²) in [5, 5.41) is 15.6. The Labute approximate surface area is 214 Å². The first kappa shape index (κ1) is 24.3. The van der Waals surface area contributed by atoms with Crippen LogP contribution in [0.15, 0.2) is 30.3 Å². The molecule has 4 atom stereocenters. The Morgan fingerprint density at radius 3 is 2.83 bits per heavy atom. The number of hydrogen-bond donors (Lipinski definition) is 2. The number of anilines is 1. The van der Waals surface area contributed by atoms with Gasteiger partial charge in [-0.05, 0) is 75.3 Å². The molecule has 1 saturated heterocycles. The number of hydrogen-bond acceptors (Lipinski definition) is 6. The average molecular weight is 507 g/mol. The average Bonchev–Trinajstić information content (AvgIpc) is 3.59. The van der Waals surface area contributed by atoms with Crippen LogP contribution in [-0.4, -0.2) is 46.5 Å². The summed E-state index contributed by atoms with van der Waals surface area (Å²) in [6.45, 7) is 5.44. The second-order valence-electron chi connectivity index (χ2n) is 10.8. The molecule has 1 aromatic heterocycles. The number of nitrogens with zero attached hydrogens (tertiary/aromatic N) is 2. The third kappa shape index (κ3) is 4.82. The molecule has 188 valence electrons. The van der Waals surface area contributed by atoms with Crippen LogP contribution >= 0.6 is 11.3 Å². The van der Waals surface area contributed by atoms with Gasteiger partial charge in [0.15, 0.2) is 0 Å². The number of nitrogens with one attached hydrogen (secondary N) is 2. The molecule has 1 aromatic carbocycles. The van der Waals surface area contributed by atoms with Crippen molar-refractivity contribution in [3.05, 3.63) is 40.8 Å². The lowest BCUT2D eigenvalue weighted by Gasteiger charge is -2.35. The van der Waals surface area contributed by atoms with Gasteiger partial charge in [0.25, 0.3) is 0 Å². The molecular weight excluding hydrogens is 476 g/mol. The lowest BCUT2D eigenvalue weighted by atomic mass is 9.97. The standard InChI is InChI=1S/C27H30N4O4S/c1-27(2,3)35-26(34)31-19-7-6-17(10-19)24(31)25(33)29-18(14-28)13-20-8-9-22(36-20)16-5-4-15-12-23(32)30-21(15)11-16/h4-5,8-9,11,17-19,24H,6-7,10,12-13H2,1-3H3,(H,29,33)(H,30,32)/t17-,18-,19+,24-/m0/s1. The van der Waals surface area contributed by atoms with Crippen molar-refractivity contribution >= 4 is 34.9 Å². The molecule has 9 heteroatoms. The number of likely N-dealkylation sites (tertiary alicyclic amines) is 1. The zero-order valence-corrected chi connectivity index (χ0v) is 21.5. The van der Waals surface area contributed by atoms with E-state index in [-0.39, 0.29) is 23.8 Å². The van der Waals surface area contributed by atoms with Gasteiger partial charge in [0.05, 0.1) is 12.5 Å². The van der Waals surface area contributed by atoms with Gasteiger partial charge in [-0.2, -0.15) is 5.26 Å². The first-order valence-corrected chi connectivity index (χ1v) is 13.2. The molecule has 2 bridgehead atoms. The number of piperidine rings is 1. The number of benzene rings is 1. The number of ether oxygens (including phenoxy) is 1. The van der Waals surface area contributed by atoms with Crippen LogP contribution in [0.25, 0.3) is 10.4 Å². The summed E-state index contributed by atoms with van der Waals surface area (Å²) in [7, 11) is 0. The van der Waals surface area contributed by atoms with E-state index in [0.717, 1.165) is 45.8 Å². The molecule has 36 heavy (non-hydrogen) atoms. The number of fused-ring (bicyclic) bond motifs is 3. The van der Waals surface area contributed by atoms with E-state index in [2.05, 4.69) is 16.7 Å². The van der Waals surface area contributed by atoms with Crippen LogP contribution in [0.5, 0.6) is 0 Å². The summed E-state index contributed by atoms with van der Waals surface area (Å²) in [5.41, 5.74) is 2.19. The van der Waals surface area contributed by atoms with Gasteiger partial charge < -0.3 is 15.4 Å². The van der Waals surface area contributed by atoms with E-state index in [4.69, 9.17) is 4.74 Å². The highest BCUT2D eigenvalue weighted by Crippen LogP contribution is 2.43. The number of nitriles is 1. The van der Waals surface area contributed by atoms with Gasteiger partial charge in [-0.25, -0.2) is 4.79 Å². The minimum absolute atomic E-state index is 0.00217. The molecule has 3 amide bonds.